The summed E-state index contributed by atoms with van der Waals surface area (Å²) < 4.78 is 0. The fraction of sp³-hybridized carbons (Fsp3) is 0.944. The molecular weight excluding hydrogens is 290 g/mol. The van der Waals surface area contributed by atoms with E-state index < -0.39 is 0 Å². The second kappa shape index (κ2) is 8.88. The predicted octanol–water partition coefficient (Wildman–Crippen LogP) is 2.55. The van der Waals surface area contributed by atoms with Crippen LogP contribution >= 0.6 is 0 Å². The molecule has 2 amide bonds. The number of rotatable bonds is 6. The van der Waals surface area contributed by atoms with Gasteiger partial charge in [0.15, 0.2) is 0 Å². The molecule has 0 heterocycles. The monoisotopic (exact) mass is 327 g/mol. The molecule has 1 aliphatic rings. The molecule has 1 fully saturated rings. The second-order valence-corrected chi connectivity index (χ2v) is 8.43. The molecule has 2 N–H and O–H groups in total. The van der Waals surface area contributed by atoms with E-state index in [0.717, 1.165) is 38.6 Å². The third-order valence-electron chi connectivity index (χ3n) is 5.15. The fourth-order valence-corrected chi connectivity index (χ4v) is 3.24. The van der Waals surface area contributed by atoms with Crippen molar-refractivity contribution in [2.45, 2.75) is 65.0 Å². The zero-order chi connectivity index (χ0) is 17.6. The van der Waals surface area contributed by atoms with Crippen LogP contribution in [-0.4, -0.2) is 67.3 Å². The number of hydrogen-bond donors (Lipinski definition) is 2. The van der Waals surface area contributed by atoms with Crippen molar-refractivity contribution in [1.29, 1.82) is 0 Å². The number of nitrogens with zero attached hydrogens (tertiary/aromatic N) is 2. The molecule has 1 saturated carbocycles. The highest BCUT2D eigenvalue weighted by atomic mass is 16.3. The summed E-state index contributed by atoms with van der Waals surface area (Å²) in [4.78, 5) is 16.7. The van der Waals surface area contributed by atoms with Crippen LogP contribution < -0.4 is 5.32 Å². The lowest BCUT2D eigenvalue weighted by Crippen LogP contribution is -2.52. The Morgan fingerprint density at radius 1 is 1.17 bits per heavy atom. The van der Waals surface area contributed by atoms with Gasteiger partial charge in [-0.1, -0.05) is 20.8 Å². The van der Waals surface area contributed by atoms with E-state index in [2.05, 4.69) is 45.1 Å². The van der Waals surface area contributed by atoms with E-state index in [9.17, 15) is 9.90 Å². The smallest absolute Gasteiger partial charge is 0.317 e. The van der Waals surface area contributed by atoms with Crippen LogP contribution in [0.4, 0.5) is 4.79 Å². The first kappa shape index (κ1) is 20.2. The van der Waals surface area contributed by atoms with Gasteiger partial charge >= 0.3 is 6.03 Å². The maximum atomic E-state index is 12.6. The molecule has 0 spiro atoms. The normalized spacial score (nSPS) is 23.7. The average Bonchev–Trinajstić information content (AvgIpc) is 2.49. The molecule has 5 heteroatoms. The summed E-state index contributed by atoms with van der Waals surface area (Å²) >= 11 is 0. The molecule has 0 aromatic heterocycles. The Morgan fingerprint density at radius 3 is 2.17 bits per heavy atom. The number of amides is 2. The summed E-state index contributed by atoms with van der Waals surface area (Å²) in [6.07, 6.45) is 4.97. The maximum Gasteiger partial charge on any atom is 0.317 e. The van der Waals surface area contributed by atoms with Gasteiger partial charge in [0.05, 0.1) is 0 Å². The fourth-order valence-electron chi connectivity index (χ4n) is 3.24. The molecule has 1 atom stereocenters. The quantitative estimate of drug-likeness (QED) is 0.788. The summed E-state index contributed by atoms with van der Waals surface area (Å²) in [5.74, 6) is 0.421. The van der Waals surface area contributed by atoms with E-state index in [4.69, 9.17) is 0 Å². The van der Waals surface area contributed by atoms with Crippen LogP contribution in [0.5, 0.6) is 0 Å². The molecule has 136 valence electrons. The topological polar surface area (TPSA) is 55.8 Å². The van der Waals surface area contributed by atoms with Gasteiger partial charge in [0, 0.05) is 25.7 Å². The minimum absolute atomic E-state index is 0.0381. The van der Waals surface area contributed by atoms with Gasteiger partial charge in [0.2, 0.25) is 0 Å². The van der Waals surface area contributed by atoms with Crippen LogP contribution in [0.3, 0.4) is 0 Å². The number of carbonyl (C=O) groups excluding carboxylic acids is 1. The zero-order valence-electron chi connectivity index (χ0n) is 15.9. The lowest BCUT2D eigenvalue weighted by Gasteiger charge is -2.37. The van der Waals surface area contributed by atoms with Crippen LogP contribution in [0, 0.1) is 11.3 Å². The van der Waals surface area contributed by atoms with Gasteiger partial charge in [-0.15, -0.1) is 0 Å². The Hall–Kier alpha value is -0.810. The number of aliphatic hydroxyl groups excluding tert-OH is 1. The Labute approximate surface area is 142 Å². The van der Waals surface area contributed by atoms with Gasteiger partial charge in [-0.05, 0) is 64.1 Å². The summed E-state index contributed by atoms with van der Waals surface area (Å²) in [6.45, 7) is 7.78. The third kappa shape index (κ3) is 6.68. The van der Waals surface area contributed by atoms with E-state index in [1.807, 2.05) is 11.9 Å². The van der Waals surface area contributed by atoms with Crippen molar-refractivity contribution in [2.75, 3.05) is 34.3 Å². The van der Waals surface area contributed by atoms with Crippen LogP contribution in [0.1, 0.15) is 52.9 Å². The van der Waals surface area contributed by atoms with Gasteiger partial charge in [0.1, 0.15) is 0 Å². The Morgan fingerprint density at radius 2 is 1.74 bits per heavy atom. The van der Waals surface area contributed by atoms with Gasteiger partial charge < -0.3 is 20.2 Å². The zero-order valence-corrected chi connectivity index (χ0v) is 15.9. The van der Waals surface area contributed by atoms with E-state index >= 15 is 0 Å². The number of carbonyl (C=O) groups is 1. The first-order valence-electron chi connectivity index (χ1n) is 8.94. The molecule has 23 heavy (non-hydrogen) atoms. The number of hydrogen-bond acceptors (Lipinski definition) is 3. The largest absolute Gasteiger partial charge is 0.396 e. The van der Waals surface area contributed by atoms with Crippen molar-refractivity contribution >= 4 is 6.03 Å². The summed E-state index contributed by atoms with van der Waals surface area (Å²) in [5.41, 5.74) is 0.0427. The number of aliphatic hydroxyl groups is 1. The van der Waals surface area contributed by atoms with Crippen LogP contribution in [0.25, 0.3) is 0 Å². The number of nitrogens with one attached hydrogen (secondary N) is 1. The highest BCUT2D eigenvalue weighted by Gasteiger charge is 2.30. The second-order valence-electron chi connectivity index (χ2n) is 8.43. The first-order chi connectivity index (χ1) is 10.6. The Bertz CT molecular complexity index is 358. The van der Waals surface area contributed by atoms with Crippen molar-refractivity contribution in [2.24, 2.45) is 11.3 Å². The maximum absolute atomic E-state index is 12.6. The molecule has 1 aliphatic carbocycles. The first-order valence-corrected chi connectivity index (χ1v) is 8.94. The Kier molecular flexibility index (Phi) is 7.81. The highest BCUT2D eigenvalue weighted by molar-refractivity contribution is 5.74. The molecule has 5 nitrogen and oxygen atoms in total. The number of urea groups is 1. The van der Waals surface area contributed by atoms with Gasteiger partial charge in [-0.3, -0.25) is 0 Å². The molecule has 0 radical (unpaired) electrons. The predicted molar refractivity (Wildman–Crippen MR) is 95.5 cm³/mol. The minimum Gasteiger partial charge on any atom is -0.396 e. The minimum atomic E-state index is 0.0381. The van der Waals surface area contributed by atoms with E-state index in [-0.39, 0.29) is 24.1 Å². The van der Waals surface area contributed by atoms with Crippen LogP contribution in [-0.2, 0) is 0 Å². The van der Waals surface area contributed by atoms with Gasteiger partial charge in [-0.25, -0.2) is 4.79 Å². The van der Waals surface area contributed by atoms with E-state index in [1.54, 1.807) is 0 Å². The van der Waals surface area contributed by atoms with E-state index in [1.165, 1.54) is 0 Å². The SMILES string of the molecule is CN(C)CCC(NC(=O)N(C)C1CCC(CO)CC1)C(C)(C)C. The molecule has 0 bridgehead atoms. The molecular formula is C18H37N3O2. The lowest BCUT2D eigenvalue weighted by atomic mass is 9.84. The third-order valence-corrected chi connectivity index (χ3v) is 5.15. The van der Waals surface area contributed by atoms with Gasteiger partial charge in [-0.2, -0.15) is 0 Å². The van der Waals surface area contributed by atoms with Crippen molar-refractivity contribution < 1.29 is 9.90 Å². The van der Waals surface area contributed by atoms with Crippen molar-refractivity contribution in [3.63, 3.8) is 0 Å². The molecule has 0 aromatic rings. The molecule has 0 aliphatic heterocycles. The van der Waals surface area contributed by atoms with Crippen LogP contribution in [0.15, 0.2) is 0 Å². The molecule has 1 rings (SSSR count). The summed E-state index contributed by atoms with van der Waals surface area (Å²) in [6, 6.07) is 0.497. The Balaban J connectivity index is 2.56. The molecule has 0 saturated heterocycles. The molecule has 1 unspecified atom stereocenters. The highest BCUT2D eigenvalue weighted by Crippen LogP contribution is 2.27. The summed E-state index contributed by atoms with van der Waals surface area (Å²) in [7, 11) is 6.03. The molecule has 0 aromatic carbocycles. The van der Waals surface area contributed by atoms with Crippen LogP contribution in [0.2, 0.25) is 0 Å². The van der Waals surface area contributed by atoms with E-state index in [0.29, 0.717) is 12.0 Å². The lowest BCUT2D eigenvalue weighted by molar-refractivity contribution is 0.127. The summed E-state index contributed by atoms with van der Waals surface area (Å²) in [5, 5.41) is 12.5. The van der Waals surface area contributed by atoms with Crippen molar-refractivity contribution in [3.8, 4) is 0 Å². The van der Waals surface area contributed by atoms with Crippen molar-refractivity contribution in [1.82, 2.24) is 15.1 Å². The van der Waals surface area contributed by atoms with Gasteiger partial charge in [0.25, 0.3) is 0 Å². The average molecular weight is 328 g/mol. The standard InChI is InChI=1S/C18H37N3O2/c1-18(2,3)16(11-12-20(4)5)19-17(23)21(6)15-9-7-14(13-22)8-10-15/h14-16,22H,7-13H2,1-6H3,(H,19,23). The van der Waals surface area contributed by atoms with Crippen molar-refractivity contribution in [3.05, 3.63) is 0 Å².